The number of H-pyrrole nitrogens is 1. The summed E-state index contributed by atoms with van der Waals surface area (Å²) in [6.07, 6.45) is 2.34. The molecule has 0 unspecified atom stereocenters. The van der Waals surface area contributed by atoms with Crippen molar-refractivity contribution in [2.24, 2.45) is 0 Å². The lowest BCUT2D eigenvalue weighted by molar-refractivity contribution is 0.576. The van der Waals surface area contributed by atoms with E-state index in [4.69, 9.17) is 0 Å². The molecule has 0 aliphatic heterocycles. The maximum absolute atomic E-state index is 13.9. The molecule has 11 heteroatoms. The summed E-state index contributed by atoms with van der Waals surface area (Å²) in [6.45, 7) is 0. The monoisotopic (exact) mass is 405 g/mol. The van der Waals surface area contributed by atoms with Gasteiger partial charge >= 0.3 is 0 Å². The average molecular weight is 405 g/mol. The van der Waals surface area contributed by atoms with E-state index >= 15 is 0 Å². The molecule has 0 bridgehead atoms. The molecule has 136 valence electrons. The molecule has 0 aliphatic carbocycles. The van der Waals surface area contributed by atoms with Crippen LogP contribution >= 0.6 is 23.1 Å². The number of thiazole rings is 1. The van der Waals surface area contributed by atoms with E-state index in [1.54, 1.807) is 0 Å². The molecule has 1 aromatic carbocycles. The highest BCUT2D eigenvalue weighted by molar-refractivity contribution is 7.98. The summed E-state index contributed by atoms with van der Waals surface area (Å²) >= 11 is 2.21. The third-order valence-corrected chi connectivity index (χ3v) is 5.39. The Morgan fingerprint density at radius 3 is 2.81 bits per heavy atom. The van der Waals surface area contributed by atoms with Crippen molar-refractivity contribution in [3.63, 3.8) is 0 Å². The molecule has 4 aromatic rings. The Morgan fingerprint density at radius 1 is 1.22 bits per heavy atom. The Labute approximate surface area is 157 Å². The maximum Gasteiger partial charge on any atom is 0.279 e. The molecule has 3 heterocycles. The summed E-state index contributed by atoms with van der Waals surface area (Å²) in [5, 5.41) is 0.224. The number of nitrogens with zero attached hydrogens (tertiary/aromatic N) is 4. The summed E-state index contributed by atoms with van der Waals surface area (Å²) in [7, 11) is 0. The summed E-state index contributed by atoms with van der Waals surface area (Å²) in [4.78, 5) is 38.9. The number of aromatic amines is 1. The lowest BCUT2D eigenvalue weighted by atomic mass is 10.2. The number of benzene rings is 1. The highest BCUT2D eigenvalue weighted by Crippen LogP contribution is 2.25. The number of fused-ring (bicyclic) bond motifs is 1. The van der Waals surface area contributed by atoms with Crippen LogP contribution in [-0.2, 0) is 5.75 Å². The maximum atomic E-state index is 13.9. The fourth-order valence-electron chi connectivity index (χ4n) is 2.33. The molecule has 0 atom stereocenters. The van der Waals surface area contributed by atoms with E-state index in [-0.39, 0.29) is 27.9 Å². The molecule has 0 radical (unpaired) electrons. The molecule has 0 spiro atoms. The van der Waals surface area contributed by atoms with Gasteiger partial charge in [-0.15, -0.1) is 11.3 Å². The standard InChI is InChI=1S/C16H9F2N5O2S2/c17-9-2-1-8(10(18)3-9)6-26-16-22-14-13(27-7-21-14)15(25)23(16)11-4-20-12(24)5-19-11/h1-5,7H,6H2,(H,20,24). The summed E-state index contributed by atoms with van der Waals surface area (Å²) in [5.74, 6) is -1.08. The molecule has 7 nitrogen and oxygen atoms in total. The van der Waals surface area contributed by atoms with E-state index in [0.29, 0.717) is 4.70 Å². The van der Waals surface area contributed by atoms with Crippen molar-refractivity contribution >= 4 is 33.4 Å². The van der Waals surface area contributed by atoms with Gasteiger partial charge in [0.05, 0.1) is 11.7 Å². The minimum Gasteiger partial charge on any atom is -0.324 e. The largest absolute Gasteiger partial charge is 0.324 e. The number of thioether (sulfide) groups is 1. The van der Waals surface area contributed by atoms with Gasteiger partial charge in [-0.1, -0.05) is 17.8 Å². The van der Waals surface area contributed by atoms with Crippen molar-refractivity contribution in [3.05, 3.63) is 74.0 Å². The first kappa shape index (κ1) is 17.5. The normalized spacial score (nSPS) is 11.2. The van der Waals surface area contributed by atoms with Gasteiger partial charge in [0.1, 0.15) is 16.3 Å². The van der Waals surface area contributed by atoms with Crippen molar-refractivity contribution in [1.82, 2.24) is 24.5 Å². The van der Waals surface area contributed by atoms with Crippen LogP contribution in [0.4, 0.5) is 8.78 Å². The Balaban J connectivity index is 1.81. The van der Waals surface area contributed by atoms with Gasteiger partial charge < -0.3 is 4.98 Å². The van der Waals surface area contributed by atoms with Crippen LogP contribution in [0.3, 0.4) is 0 Å². The zero-order valence-corrected chi connectivity index (χ0v) is 15.0. The van der Waals surface area contributed by atoms with Crippen molar-refractivity contribution in [2.75, 3.05) is 0 Å². The van der Waals surface area contributed by atoms with Gasteiger partial charge in [-0.05, 0) is 11.6 Å². The van der Waals surface area contributed by atoms with Crippen molar-refractivity contribution in [2.45, 2.75) is 10.9 Å². The van der Waals surface area contributed by atoms with Gasteiger partial charge in [-0.3, -0.25) is 9.59 Å². The quantitative estimate of drug-likeness (QED) is 0.414. The van der Waals surface area contributed by atoms with Gasteiger partial charge in [-0.25, -0.2) is 28.3 Å². The smallest absolute Gasteiger partial charge is 0.279 e. The molecular formula is C16H9F2N5O2S2. The molecule has 4 rings (SSSR count). The summed E-state index contributed by atoms with van der Waals surface area (Å²) < 4.78 is 28.5. The van der Waals surface area contributed by atoms with Gasteiger partial charge in [0, 0.05) is 18.0 Å². The number of aromatic nitrogens is 5. The first-order valence-electron chi connectivity index (χ1n) is 7.51. The van der Waals surface area contributed by atoms with Gasteiger partial charge in [-0.2, -0.15) is 0 Å². The van der Waals surface area contributed by atoms with Crippen LogP contribution in [0.25, 0.3) is 16.2 Å². The van der Waals surface area contributed by atoms with Crippen LogP contribution in [0.5, 0.6) is 0 Å². The third-order valence-electron chi connectivity index (χ3n) is 3.60. The SMILES string of the molecule is O=c1cnc(-n2c(SCc3ccc(F)cc3F)nc3ncsc3c2=O)c[nH]1. The molecule has 3 aromatic heterocycles. The first-order chi connectivity index (χ1) is 13.0. The molecular weight excluding hydrogens is 396 g/mol. The lowest BCUT2D eigenvalue weighted by Crippen LogP contribution is -2.23. The zero-order valence-electron chi connectivity index (χ0n) is 13.3. The Kier molecular flexibility index (Phi) is 4.54. The van der Waals surface area contributed by atoms with Crippen molar-refractivity contribution in [3.8, 4) is 5.82 Å². The third kappa shape index (κ3) is 3.38. The summed E-state index contributed by atoms with van der Waals surface area (Å²) in [6, 6.07) is 3.29. The number of rotatable bonds is 4. The van der Waals surface area contributed by atoms with E-state index in [0.717, 1.165) is 41.4 Å². The van der Waals surface area contributed by atoms with Crippen LogP contribution in [0, 0.1) is 11.6 Å². The first-order valence-corrected chi connectivity index (χ1v) is 9.37. The van der Waals surface area contributed by atoms with E-state index in [2.05, 4.69) is 19.9 Å². The zero-order chi connectivity index (χ0) is 19.0. The summed E-state index contributed by atoms with van der Waals surface area (Å²) in [5.41, 5.74) is 1.21. The topological polar surface area (TPSA) is 93.5 Å². The van der Waals surface area contributed by atoms with E-state index in [1.807, 2.05) is 0 Å². The van der Waals surface area contributed by atoms with E-state index in [9.17, 15) is 18.4 Å². The van der Waals surface area contributed by atoms with Crippen molar-refractivity contribution in [1.29, 1.82) is 0 Å². The highest BCUT2D eigenvalue weighted by Gasteiger charge is 2.17. The van der Waals surface area contributed by atoms with Crippen molar-refractivity contribution < 1.29 is 8.78 Å². The molecule has 0 saturated heterocycles. The molecule has 1 N–H and O–H groups in total. The van der Waals surface area contributed by atoms with Gasteiger partial charge in [0.25, 0.3) is 11.1 Å². The number of hydrogen-bond acceptors (Lipinski definition) is 7. The Hall–Kier alpha value is -2.92. The second-order valence-electron chi connectivity index (χ2n) is 5.33. The Bertz CT molecular complexity index is 1250. The van der Waals surface area contributed by atoms with Crippen LogP contribution in [-0.4, -0.2) is 24.5 Å². The predicted octanol–water partition coefficient (Wildman–Crippen LogP) is 2.50. The molecule has 0 aliphatic rings. The van der Waals surface area contributed by atoms with E-state index in [1.165, 1.54) is 22.3 Å². The fourth-order valence-corrected chi connectivity index (χ4v) is 3.96. The second-order valence-corrected chi connectivity index (χ2v) is 7.13. The fraction of sp³-hybridized carbons (Fsp3) is 0.0625. The number of halogens is 2. The molecule has 0 fully saturated rings. The Morgan fingerprint density at radius 2 is 2.07 bits per heavy atom. The second kappa shape index (κ2) is 7.00. The van der Waals surface area contributed by atoms with Crippen LogP contribution < -0.4 is 11.1 Å². The average Bonchev–Trinajstić information content (AvgIpc) is 3.11. The number of nitrogens with one attached hydrogen (secondary N) is 1. The van der Waals surface area contributed by atoms with Crippen LogP contribution in [0.1, 0.15) is 5.56 Å². The number of hydrogen-bond donors (Lipinski definition) is 1. The minimum atomic E-state index is -0.687. The molecule has 0 saturated carbocycles. The molecule has 0 amide bonds. The minimum absolute atomic E-state index is 0.109. The van der Waals surface area contributed by atoms with E-state index < -0.39 is 22.8 Å². The van der Waals surface area contributed by atoms with Crippen LogP contribution in [0.15, 0.2) is 50.8 Å². The predicted molar refractivity (Wildman–Crippen MR) is 97.3 cm³/mol. The van der Waals surface area contributed by atoms with Crippen LogP contribution in [0.2, 0.25) is 0 Å². The lowest BCUT2D eigenvalue weighted by Gasteiger charge is -2.10. The van der Waals surface area contributed by atoms with Gasteiger partial charge in [0.2, 0.25) is 0 Å². The highest BCUT2D eigenvalue weighted by atomic mass is 32.2. The van der Waals surface area contributed by atoms with Gasteiger partial charge in [0.15, 0.2) is 16.6 Å². The molecule has 27 heavy (non-hydrogen) atoms.